The van der Waals surface area contributed by atoms with Crippen LogP contribution >= 0.6 is 0 Å². The lowest BCUT2D eigenvalue weighted by Crippen LogP contribution is -1.99. The summed E-state index contributed by atoms with van der Waals surface area (Å²) in [4.78, 5) is 0. The number of fused-ring (bicyclic) bond motifs is 1. The van der Waals surface area contributed by atoms with E-state index in [2.05, 4.69) is 20.8 Å². The van der Waals surface area contributed by atoms with Crippen molar-refractivity contribution in [3.8, 4) is 5.75 Å². The number of benzene rings is 1. The molecular weight excluding hydrogens is 174 g/mol. The van der Waals surface area contributed by atoms with E-state index in [4.69, 9.17) is 10.5 Å². The van der Waals surface area contributed by atoms with Crippen molar-refractivity contribution in [1.29, 1.82) is 0 Å². The van der Waals surface area contributed by atoms with Crippen LogP contribution in [0.4, 0.5) is 5.69 Å². The van der Waals surface area contributed by atoms with Gasteiger partial charge in [0.15, 0.2) is 0 Å². The van der Waals surface area contributed by atoms with Crippen LogP contribution in [0.15, 0.2) is 0 Å². The molecule has 0 fully saturated rings. The summed E-state index contributed by atoms with van der Waals surface area (Å²) in [6.07, 6.45) is 1.98. The number of hydrogen-bond acceptors (Lipinski definition) is 2. The van der Waals surface area contributed by atoms with Crippen molar-refractivity contribution in [1.82, 2.24) is 0 Å². The second-order valence-corrected chi connectivity index (χ2v) is 4.08. The first-order valence-electron chi connectivity index (χ1n) is 4.90. The lowest BCUT2D eigenvalue weighted by Gasteiger charge is -2.13. The first-order chi connectivity index (χ1) is 6.52. The standard InChI is InChI=1S/C12H16NO/c1-6-5-10-9(4)11(13)7(2)8(3)12(10)14-6/h5,13H2,1-4H3. The second-order valence-electron chi connectivity index (χ2n) is 4.08. The molecule has 1 aromatic rings. The van der Waals surface area contributed by atoms with Crippen LogP contribution in [-0.2, 0) is 6.42 Å². The molecule has 0 unspecified atom stereocenters. The number of anilines is 1. The van der Waals surface area contributed by atoms with Crippen molar-refractivity contribution in [3.63, 3.8) is 0 Å². The molecule has 0 atom stereocenters. The Balaban J connectivity index is 2.70. The molecule has 0 amide bonds. The third kappa shape index (κ3) is 1.10. The van der Waals surface area contributed by atoms with Crippen LogP contribution in [0.25, 0.3) is 0 Å². The van der Waals surface area contributed by atoms with Gasteiger partial charge in [-0.25, -0.2) is 0 Å². The summed E-state index contributed by atoms with van der Waals surface area (Å²) in [5, 5.41) is 0. The summed E-state index contributed by atoms with van der Waals surface area (Å²) >= 11 is 0. The largest absolute Gasteiger partial charge is 0.482 e. The van der Waals surface area contributed by atoms with Gasteiger partial charge in [-0.2, -0.15) is 0 Å². The molecule has 1 aliphatic rings. The van der Waals surface area contributed by atoms with Gasteiger partial charge in [0, 0.05) is 17.7 Å². The highest BCUT2D eigenvalue weighted by Crippen LogP contribution is 2.41. The van der Waals surface area contributed by atoms with E-state index in [-0.39, 0.29) is 0 Å². The van der Waals surface area contributed by atoms with Crippen molar-refractivity contribution >= 4 is 5.69 Å². The molecule has 1 aromatic carbocycles. The lowest BCUT2D eigenvalue weighted by molar-refractivity contribution is 0.359. The molecule has 0 aromatic heterocycles. The summed E-state index contributed by atoms with van der Waals surface area (Å²) < 4.78 is 5.72. The molecule has 1 aliphatic heterocycles. The minimum Gasteiger partial charge on any atom is -0.482 e. The molecule has 1 radical (unpaired) electrons. The van der Waals surface area contributed by atoms with E-state index in [0.29, 0.717) is 0 Å². The molecule has 75 valence electrons. The van der Waals surface area contributed by atoms with E-state index in [0.717, 1.165) is 29.5 Å². The molecule has 1 heterocycles. The third-order valence-electron chi connectivity index (χ3n) is 3.14. The molecule has 0 spiro atoms. The Bertz CT molecular complexity index is 359. The van der Waals surface area contributed by atoms with Gasteiger partial charge in [-0.3, -0.25) is 0 Å². The van der Waals surface area contributed by atoms with Gasteiger partial charge in [0.25, 0.3) is 0 Å². The average Bonchev–Trinajstić information content (AvgIpc) is 2.54. The van der Waals surface area contributed by atoms with Crippen molar-refractivity contribution in [3.05, 3.63) is 28.4 Å². The maximum absolute atomic E-state index is 6.04. The Labute approximate surface area is 85.1 Å². The van der Waals surface area contributed by atoms with Crippen LogP contribution < -0.4 is 10.5 Å². The van der Waals surface area contributed by atoms with Crippen LogP contribution in [0.1, 0.15) is 29.2 Å². The SMILES string of the molecule is C[C]1Cc2c(C)c(N)c(C)c(C)c2O1. The number of nitrogens with two attached hydrogens (primary N) is 1. The van der Waals surface area contributed by atoms with Gasteiger partial charge in [-0.15, -0.1) is 0 Å². The molecule has 0 saturated carbocycles. The zero-order valence-corrected chi connectivity index (χ0v) is 9.19. The van der Waals surface area contributed by atoms with Crippen LogP contribution in [-0.4, -0.2) is 0 Å². The zero-order chi connectivity index (χ0) is 10.5. The average molecular weight is 190 g/mol. The van der Waals surface area contributed by atoms with Crippen molar-refractivity contribution in [2.75, 3.05) is 5.73 Å². The van der Waals surface area contributed by atoms with Crippen LogP contribution in [0, 0.1) is 26.9 Å². The van der Waals surface area contributed by atoms with Gasteiger partial charge < -0.3 is 10.5 Å². The highest BCUT2D eigenvalue weighted by atomic mass is 16.5. The highest BCUT2D eigenvalue weighted by Gasteiger charge is 2.26. The fourth-order valence-electron chi connectivity index (χ4n) is 2.02. The van der Waals surface area contributed by atoms with Gasteiger partial charge in [0.1, 0.15) is 11.9 Å². The number of nitrogen functional groups attached to an aromatic ring is 1. The summed E-state index contributed by atoms with van der Waals surface area (Å²) in [5.74, 6) is 1.03. The summed E-state index contributed by atoms with van der Waals surface area (Å²) in [5.41, 5.74) is 11.7. The van der Waals surface area contributed by atoms with Gasteiger partial charge in [0.2, 0.25) is 0 Å². The minimum absolute atomic E-state index is 0.909. The van der Waals surface area contributed by atoms with Crippen molar-refractivity contribution < 1.29 is 4.74 Å². The normalized spacial score (nSPS) is 15.4. The van der Waals surface area contributed by atoms with E-state index < -0.39 is 0 Å². The van der Waals surface area contributed by atoms with Crippen LogP contribution in [0.3, 0.4) is 0 Å². The monoisotopic (exact) mass is 190 g/mol. The Morgan fingerprint density at radius 1 is 1.00 bits per heavy atom. The fourth-order valence-corrected chi connectivity index (χ4v) is 2.02. The van der Waals surface area contributed by atoms with Crippen molar-refractivity contribution in [2.24, 2.45) is 0 Å². The van der Waals surface area contributed by atoms with E-state index in [1.807, 2.05) is 6.92 Å². The lowest BCUT2D eigenvalue weighted by atomic mass is 9.95. The summed E-state index contributed by atoms with van der Waals surface area (Å²) in [7, 11) is 0. The van der Waals surface area contributed by atoms with Gasteiger partial charge in [-0.05, 0) is 44.4 Å². The third-order valence-corrected chi connectivity index (χ3v) is 3.14. The molecule has 0 aliphatic carbocycles. The summed E-state index contributed by atoms with van der Waals surface area (Å²) in [6.45, 7) is 8.21. The molecule has 2 nitrogen and oxygen atoms in total. The topological polar surface area (TPSA) is 35.2 Å². The summed E-state index contributed by atoms with van der Waals surface area (Å²) in [6, 6.07) is 0. The first-order valence-corrected chi connectivity index (χ1v) is 4.90. The van der Waals surface area contributed by atoms with Crippen LogP contribution in [0.2, 0.25) is 0 Å². The van der Waals surface area contributed by atoms with E-state index >= 15 is 0 Å². The molecule has 2 N–H and O–H groups in total. The smallest absolute Gasteiger partial charge is 0.150 e. The zero-order valence-electron chi connectivity index (χ0n) is 9.19. The maximum atomic E-state index is 6.04. The van der Waals surface area contributed by atoms with Gasteiger partial charge in [0.05, 0.1) is 0 Å². The Morgan fingerprint density at radius 3 is 2.29 bits per heavy atom. The predicted octanol–water partition coefficient (Wildman–Crippen LogP) is 2.68. The number of hydrogen-bond donors (Lipinski definition) is 1. The Morgan fingerprint density at radius 2 is 1.64 bits per heavy atom. The Kier molecular flexibility index (Phi) is 1.95. The molecule has 0 bridgehead atoms. The molecule has 14 heavy (non-hydrogen) atoms. The molecule has 2 rings (SSSR count). The van der Waals surface area contributed by atoms with Crippen LogP contribution in [0.5, 0.6) is 5.75 Å². The fraction of sp³-hybridized carbons (Fsp3) is 0.417. The first kappa shape index (κ1) is 9.38. The van der Waals surface area contributed by atoms with E-state index in [1.165, 1.54) is 16.7 Å². The predicted molar refractivity (Wildman–Crippen MR) is 58.3 cm³/mol. The quantitative estimate of drug-likeness (QED) is 0.638. The molecular formula is C12H16NO. The highest BCUT2D eigenvalue weighted by molar-refractivity contribution is 5.66. The van der Waals surface area contributed by atoms with Crippen molar-refractivity contribution in [2.45, 2.75) is 34.1 Å². The van der Waals surface area contributed by atoms with Gasteiger partial charge >= 0.3 is 0 Å². The van der Waals surface area contributed by atoms with E-state index in [9.17, 15) is 0 Å². The van der Waals surface area contributed by atoms with E-state index in [1.54, 1.807) is 0 Å². The molecule has 0 saturated heterocycles. The Hall–Kier alpha value is -1.18. The maximum Gasteiger partial charge on any atom is 0.150 e. The number of ether oxygens (including phenoxy) is 1. The number of rotatable bonds is 0. The molecule has 2 heteroatoms. The van der Waals surface area contributed by atoms with Gasteiger partial charge in [-0.1, -0.05) is 0 Å². The minimum atomic E-state index is 0.909. The second kappa shape index (κ2) is 2.91.